The molecule has 2 aliphatic carbocycles. The number of hydrogen-bond donors (Lipinski definition) is 0. The molecule has 0 amide bonds. The van der Waals surface area contributed by atoms with Gasteiger partial charge in [0.15, 0.2) is 18.4 Å². The number of rotatable bonds is 5. The minimum atomic E-state index is 0.203. The molecule has 2 rings (SSSR count). The van der Waals surface area contributed by atoms with E-state index in [1.165, 1.54) is 0 Å². The molecule has 0 aliphatic heterocycles. The summed E-state index contributed by atoms with van der Waals surface area (Å²) in [5.74, 6) is 0.919. The van der Waals surface area contributed by atoms with Crippen LogP contribution in [0.4, 0.5) is 0 Å². The first-order valence-corrected chi connectivity index (χ1v) is 8.31. The third-order valence-electron chi connectivity index (χ3n) is 3.99. The van der Waals surface area contributed by atoms with Gasteiger partial charge in [0.25, 0.3) is 0 Å². The number of carbonyl (C=O) groups excluding carboxylic acids is 2. The molecule has 0 heterocycles. The van der Waals surface area contributed by atoms with Gasteiger partial charge in [-0.2, -0.15) is 0 Å². The van der Waals surface area contributed by atoms with Crippen LogP contribution in [0.5, 0.6) is 0 Å². The second-order valence-corrected chi connectivity index (χ2v) is 5.89. The van der Waals surface area contributed by atoms with Crippen LogP contribution in [0.1, 0.15) is 52.4 Å². The summed E-state index contributed by atoms with van der Waals surface area (Å²) in [5, 5.41) is 0. The highest BCUT2D eigenvalue weighted by atomic mass is 16.7. The number of Topliss-reactive ketones (excluding diaryl/α,β-unsaturated/α-hetero) is 2. The van der Waals surface area contributed by atoms with Crippen LogP contribution in [0.3, 0.4) is 0 Å². The Bertz CT molecular complexity index is 474. The molecule has 2 aliphatic rings. The number of ketones is 2. The van der Waals surface area contributed by atoms with Gasteiger partial charge in [0.05, 0.1) is 12.9 Å². The molecule has 23 heavy (non-hydrogen) atoms. The van der Waals surface area contributed by atoms with Crippen LogP contribution in [0.15, 0.2) is 36.1 Å². The van der Waals surface area contributed by atoms with E-state index in [9.17, 15) is 9.59 Å². The lowest BCUT2D eigenvalue weighted by molar-refractivity contribution is -0.117. The highest BCUT2D eigenvalue weighted by molar-refractivity contribution is 5.96. The summed E-state index contributed by atoms with van der Waals surface area (Å²) in [6.07, 6.45) is 10.8. The van der Waals surface area contributed by atoms with Gasteiger partial charge in [-0.25, -0.2) is 0 Å². The van der Waals surface area contributed by atoms with Crippen molar-refractivity contribution in [3.05, 3.63) is 36.1 Å². The molecule has 1 unspecified atom stereocenters. The third kappa shape index (κ3) is 7.42. The van der Waals surface area contributed by atoms with E-state index in [0.717, 1.165) is 43.3 Å². The molecule has 0 radical (unpaired) electrons. The predicted octanol–water partition coefficient (Wildman–Crippen LogP) is 4.12. The summed E-state index contributed by atoms with van der Waals surface area (Å²) < 4.78 is 10.2. The van der Waals surface area contributed by atoms with Gasteiger partial charge < -0.3 is 9.47 Å². The van der Waals surface area contributed by atoms with Crippen LogP contribution in [-0.2, 0) is 19.1 Å². The largest absolute Gasteiger partial charge is 0.475 e. The second kappa shape index (κ2) is 10.9. The highest BCUT2D eigenvalue weighted by Gasteiger charge is 2.19. The lowest BCUT2D eigenvalue weighted by atomic mass is 9.86. The molecule has 4 heteroatoms. The van der Waals surface area contributed by atoms with E-state index in [0.29, 0.717) is 18.9 Å². The third-order valence-corrected chi connectivity index (χ3v) is 3.99. The Morgan fingerprint density at radius 2 is 2.00 bits per heavy atom. The molecule has 1 atom stereocenters. The van der Waals surface area contributed by atoms with Crippen molar-refractivity contribution in [3.8, 4) is 0 Å². The van der Waals surface area contributed by atoms with E-state index >= 15 is 0 Å². The van der Waals surface area contributed by atoms with Crippen molar-refractivity contribution in [2.45, 2.75) is 52.4 Å². The maximum absolute atomic E-state index is 11.3. The first-order chi connectivity index (χ1) is 11.1. The molecular weight excluding hydrogens is 292 g/mol. The number of allylic oxidation sites excluding steroid dienone is 3. The molecule has 0 aromatic carbocycles. The van der Waals surface area contributed by atoms with Crippen molar-refractivity contribution in [2.24, 2.45) is 5.92 Å². The van der Waals surface area contributed by atoms with E-state index in [1.54, 1.807) is 12.3 Å². The molecule has 0 spiro atoms. The van der Waals surface area contributed by atoms with Crippen LogP contribution in [0, 0.1) is 5.92 Å². The quantitative estimate of drug-likeness (QED) is 0.331. The number of hydrogen-bond acceptors (Lipinski definition) is 4. The molecule has 0 bridgehead atoms. The van der Waals surface area contributed by atoms with Gasteiger partial charge in [0, 0.05) is 18.4 Å². The summed E-state index contributed by atoms with van der Waals surface area (Å²) in [5.41, 5.74) is 1.63. The molecular formula is C19H28O4. The minimum absolute atomic E-state index is 0.203. The van der Waals surface area contributed by atoms with Gasteiger partial charge in [-0.1, -0.05) is 25.7 Å². The van der Waals surface area contributed by atoms with Crippen LogP contribution >= 0.6 is 0 Å². The molecule has 0 aromatic heterocycles. The Hall–Kier alpha value is -1.68. The SMILES string of the molecule is C=C1C(=O)CCCC1C.CC=COCOCC1=CCCCC1=O. The average molecular weight is 320 g/mol. The predicted molar refractivity (Wildman–Crippen MR) is 90.8 cm³/mol. The van der Waals surface area contributed by atoms with Crippen molar-refractivity contribution in [3.63, 3.8) is 0 Å². The van der Waals surface area contributed by atoms with Crippen molar-refractivity contribution in [1.29, 1.82) is 0 Å². The fraction of sp³-hybridized carbons (Fsp3) is 0.579. The van der Waals surface area contributed by atoms with Gasteiger partial charge in [0.1, 0.15) is 0 Å². The van der Waals surface area contributed by atoms with E-state index in [2.05, 4.69) is 13.5 Å². The Morgan fingerprint density at radius 1 is 1.26 bits per heavy atom. The zero-order valence-corrected chi connectivity index (χ0v) is 14.3. The van der Waals surface area contributed by atoms with Gasteiger partial charge in [-0.15, -0.1) is 0 Å². The second-order valence-electron chi connectivity index (χ2n) is 5.89. The number of ether oxygens (including phenoxy) is 2. The lowest BCUT2D eigenvalue weighted by Crippen LogP contribution is -2.15. The van der Waals surface area contributed by atoms with Crippen molar-refractivity contribution >= 4 is 11.6 Å². The summed E-state index contributed by atoms with van der Waals surface area (Å²) in [6.45, 7) is 8.24. The van der Waals surface area contributed by atoms with Gasteiger partial charge in [0.2, 0.25) is 0 Å². The fourth-order valence-electron chi connectivity index (χ4n) is 2.47. The van der Waals surface area contributed by atoms with E-state index < -0.39 is 0 Å². The summed E-state index contributed by atoms with van der Waals surface area (Å²) >= 11 is 0. The van der Waals surface area contributed by atoms with Crippen LogP contribution in [0.25, 0.3) is 0 Å². The van der Waals surface area contributed by atoms with Crippen molar-refractivity contribution < 1.29 is 19.1 Å². The molecule has 1 saturated carbocycles. The Kier molecular flexibility index (Phi) is 9.22. The zero-order valence-electron chi connectivity index (χ0n) is 14.3. The van der Waals surface area contributed by atoms with Gasteiger partial charge in [-0.05, 0) is 44.1 Å². The molecule has 0 N–H and O–H groups in total. The number of carbonyl (C=O) groups is 2. The first-order valence-electron chi connectivity index (χ1n) is 8.31. The minimum Gasteiger partial charge on any atom is -0.475 e. The van der Waals surface area contributed by atoms with E-state index in [4.69, 9.17) is 9.47 Å². The maximum Gasteiger partial charge on any atom is 0.188 e. The first kappa shape index (κ1) is 19.4. The maximum atomic E-state index is 11.3. The normalized spacial score (nSPS) is 21.7. The van der Waals surface area contributed by atoms with Crippen molar-refractivity contribution in [1.82, 2.24) is 0 Å². The summed E-state index contributed by atoms with van der Waals surface area (Å²) in [6, 6.07) is 0. The van der Waals surface area contributed by atoms with E-state index in [-0.39, 0.29) is 18.4 Å². The zero-order chi connectivity index (χ0) is 17.1. The van der Waals surface area contributed by atoms with Crippen LogP contribution in [0.2, 0.25) is 0 Å². The summed E-state index contributed by atoms with van der Waals surface area (Å²) in [4.78, 5) is 22.2. The fourth-order valence-corrected chi connectivity index (χ4v) is 2.47. The van der Waals surface area contributed by atoms with E-state index in [1.807, 2.05) is 13.0 Å². The lowest BCUT2D eigenvalue weighted by Gasteiger charge is -2.18. The van der Waals surface area contributed by atoms with Gasteiger partial charge >= 0.3 is 0 Å². The monoisotopic (exact) mass is 320 g/mol. The molecule has 1 fully saturated rings. The van der Waals surface area contributed by atoms with Crippen LogP contribution in [-0.4, -0.2) is 25.0 Å². The van der Waals surface area contributed by atoms with Crippen molar-refractivity contribution in [2.75, 3.05) is 13.4 Å². The van der Waals surface area contributed by atoms with Crippen LogP contribution < -0.4 is 0 Å². The molecule has 0 saturated heterocycles. The van der Waals surface area contributed by atoms with Gasteiger partial charge in [-0.3, -0.25) is 9.59 Å². The topological polar surface area (TPSA) is 52.6 Å². The Morgan fingerprint density at radius 3 is 2.61 bits per heavy atom. The highest BCUT2D eigenvalue weighted by Crippen LogP contribution is 2.24. The standard InChI is InChI=1S/C11H16O3.C8H12O/c1-2-7-13-9-14-8-10-5-3-4-6-11(10)12;1-6-4-3-5-8(9)7(6)2/h2,5,7H,3-4,6,8-9H2,1H3;6H,2-5H2,1H3. The smallest absolute Gasteiger partial charge is 0.188 e. The summed E-state index contributed by atoms with van der Waals surface area (Å²) in [7, 11) is 0. The Labute approximate surface area is 139 Å². The molecule has 4 nitrogen and oxygen atoms in total. The molecule has 128 valence electrons. The Balaban J connectivity index is 0.000000253. The molecule has 0 aromatic rings. The average Bonchev–Trinajstić information content (AvgIpc) is 2.55.